The van der Waals surface area contributed by atoms with Gasteiger partial charge in [0.2, 0.25) is 5.88 Å². The lowest BCUT2D eigenvalue weighted by atomic mass is 9.97. The quantitative estimate of drug-likeness (QED) is 0.183. The van der Waals surface area contributed by atoms with E-state index in [0.717, 1.165) is 11.8 Å². The summed E-state index contributed by atoms with van der Waals surface area (Å²) in [6, 6.07) is 6.38. The third-order valence-corrected chi connectivity index (χ3v) is 9.14. The number of esters is 1. The zero-order valence-electron chi connectivity index (χ0n) is 25.9. The number of allylic oxidation sites excluding steroid dienone is 1. The molecule has 1 heterocycles. The zero-order chi connectivity index (χ0) is 32.2. The molecule has 0 radical (unpaired) electrons. The molecule has 2 aromatic rings. The minimum Gasteiger partial charge on any atom is -0.470 e. The van der Waals surface area contributed by atoms with Crippen molar-refractivity contribution < 1.29 is 35.3 Å². The Balaban J connectivity index is 1.99. The number of sulfonamides is 1. The fraction of sp³-hybridized carbons (Fsp3) is 0.567. The van der Waals surface area contributed by atoms with E-state index in [0.29, 0.717) is 37.2 Å². The topological polar surface area (TPSA) is 151 Å². The highest BCUT2D eigenvalue weighted by Gasteiger charge is 2.47. The molecule has 1 saturated carbocycles. The Hall–Kier alpha value is -3.03. The Bertz CT molecular complexity index is 1520. The second-order valence-corrected chi connectivity index (χ2v) is 15.4. The van der Waals surface area contributed by atoms with Crippen LogP contribution >= 0.6 is 0 Å². The van der Waals surface area contributed by atoms with Crippen LogP contribution in [0.4, 0.5) is 5.69 Å². The van der Waals surface area contributed by atoms with E-state index < -0.39 is 37.8 Å². The number of rotatable bonds is 13. The highest BCUT2D eigenvalue weighted by Crippen LogP contribution is 2.42. The van der Waals surface area contributed by atoms with Crippen molar-refractivity contribution in [3.05, 3.63) is 54.0 Å². The van der Waals surface area contributed by atoms with Gasteiger partial charge in [0, 0.05) is 0 Å². The first-order valence-electron chi connectivity index (χ1n) is 14.2. The lowest BCUT2D eigenvalue weighted by Gasteiger charge is -2.28. The fourth-order valence-electron chi connectivity index (χ4n) is 5.03. The van der Waals surface area contributed by atoms with E-state index in [1.807, 2.05) is 6.92 Å². The van der Waals surface area contributed by atoms with Crippen LogP contribution in [-0.4, -0.2) is 57.8 Å². The van der Waals surface area contributed by atoms with Crippen LogP contribution in [-0.2, 0) is 33.9 Å². The molecule has 0 aliphatic heterocycles. The number of nitrogens with zero attached hydrogens (tertiary/aromatic N) is 2. The first kappa shape index (κ1) is 34.5. The summed E-state index contributed by atoms with van der Waals surface area (Å²) in [5.41, 5.74) is 0.616. The summed E-state index contributed by atoms with van der Waals surface area (Å²) in [7, 11) is -7.95. The number of aryl methyl sites for hydroxylation is 3. The van der Waals surface area contributed by atoms with Crippen LogP contribution in [0.15, 0.2) is 41.8 Å². The summed E-state index contributed by atoms with van der Waals surface area (Å²) in [4.78, 5) is 21.1. The normalized spacial score (nSPS) is 20.9. The van der Waals surface area contributed by atoms with Gasteiger partial charge in [-0.2, -0.15) is 13.4 Å². The lowest BCUT2D eigenvalue weighted by molar-refractivity contribution is -0.153. The Labute approximate surface area is 255 Å². The monoisotopic (exact) mass is 637 g/mol. The number of hydrogen-bond donors (Lipinski definition) is 1. The predicted molar refractivity (Wildman–Crippen MR) is 164 cm³/mol. The van der Waals surface area contributed by atoms with Crippen molar-refractivity contribution in [1.82, 2.24) is 9.97 Å². The molecular weight excluding hydrogens is 594 g/mol. The van der Waals surface area contributed by atoms with E-state index in [1.165, 1.54) is 12.1 Å². The SMILES string of the molecule is C=CCC[C@H]1C[C@H](CCOC(=O)C(C)(C)C)[C@@H](OS(C)(=O)=O)[C@H]1Oc1nc(C)nc(C)c1NS(=O)(=O)c1ccc(C)cc1. The van der Waals surface area contributed by atoms with Gasteiger partial charge in [-0.15, -0.1) is 6.58 Å². The van der Waals surface area contributed by atoms with Crippen molar-refractivity contribution in [3.8, 4) is 5.88 Å². The number of ether oxygens (including phenoxy) is 2. The van der Waals surface area contributed by atoms with E-state index >= 15 is 0 Å². The van der Waals surface area contributed by atoms with E-state index in [2.05, 4.69) is 21.3 Å². The average molecular weight is 638 g/mol. The number of aromatic nitrogens is 2. The number of carbonyl (C=O) groups is 1. The Kier molecular flexibility index (Phi) is 11.0. The Morgan fingerprint density at radius 2 is 1.65 bits per heavy atom. The van der Waals surface area contributed by atoms with Crippen molar-refractivity contribution in [1.29, 1.82) is 0 Å². The fourth-order valence-corrected chi connectivity index (χ4v) is 6.82. The maximum absolute atomic E-state index is 13.3. The maximum Gasteiger partial charge on any atom is 0.311 e. The summed E-state index contributed by atoms with van der Waals surface area (Å²) >= 11 is 0. The van der Waals surface area contributed by atoms with Crippen LogP contribution in [0, 0.1) is 38.0 Å². The molecule has 1 N–H and O–H groups in total. The summed E-state index contributed by atoms with van der Waals surface area (Å²) in [5, 5.41) is 0. The van der Waals surface area contributed by atoms with Crippen molar-refractivity contribution >= 4 is 31.8 Å². The summed E-state index contributed by atoms with van der Waals surface area (Å²) in [6.07, 6.45) is 3.12. The molecule has 1 aliphatic rings. The number of anilines is 1. The minimum absolute atomic E-state index is 0.0313. The standard InChI is InChI=1S/C30H43N3O8S2/c1-9-10-11-22-18-23(16-17-39-29(34)30(5,6)7)27(41-42(8,35)36)26(22)40-28-25(20(3)31-21(4)32-28)33-43(37,38)24-14-12-19(2)13-15-24/h9,12-15,22-23,26-27,33H,1,10-11,16-18H2,2-8H3/t22-,23-,26-,27+/m0/s1. The Morgan fingerprint density at radius 1 is 1.02 bits per heavy atom. The molecule has 1 aliphatic carbocycles. The molecular formula is C30H43N3O8S2. The summed E-state index contributed by atoms with van der Waals surface area (Å²) in [5.74, 6) is -0.572. The van der Waals surface area contributed by atoms with Crippen molar-refractivity contribution in [2.24, 2.45) is 17.3 Å². The zero-order valence-corrected chi connectivity index (χ0v) is 27.5. The molecule has 4 atom stereocenters. The van der Waals surface area contributed by atoms with Gasteiger partial charge in [-0.05, 0) is 91.2 Å². The molecule has 1 fully saturated rings. The van der Waals surface area contributed by atoms with Gasteiger partial charge in [0.05, 0.1) is 28.9 Å². The van der Waals surface area contributed by atoms with Crippen LogP contribution in [0.25, 0.3) is 0 Å². The van der Waals surface area contributed by atoms with Crippen molar-refractivity contribution in [2.75, 3.05) is 17.6 Å². The van der Waals surface area contributed by atoms with E-state index in [4.69, 9.17) is 13.7 Å². The molecule has 1 aromatic heterocycles. The van der Waals surface area contributed by atoms with Crippen molar-refractivity contribution in [3.63, 3.8) is 0 Å². The number of nitrogens with one attached hydrogen (secondary N) is 1. The van der Waals surface area contributed by atoms with E-state index in [9.17, 15) is 21.6 Å². The van der Waals surface area contributed by atoms with E-state index in [-0.39, 0.29) is 40.9 Å². The van der Waals surface area contributed by atoms with Gasteiger partial charge in [0.1, 0.15) is 23.7 Å². The molecule has 11 nitrogen and oxygen atoms in total. The second kappa shape index (κ2) is 13.7. The van der Waals surface area contributed by atoms with Crippen molar-refractivity contribution in [2.45, 2.75) is 84.3 Å². The molecule has 0 unspecified atom stereocenters. The minimum atomic E-state index is -4.03. The molecule has 1 aromatic carbocycles. The van der Waals surface area contributed by atoms with Gasteiger partial charge in [-0.25, -0.2) is 13.4 Å². The number of benzene rings is 1. The largest absolute Gasteiger partial charge is 0.470 e. The Morgan fingerprint density at radius 3 is 2.23 bits per heavy atom. The number of carbonyl (C=O) groups excluding carboxylic acids is 1. The highest BCUT2D eigenvalue weighted by atomic mass is 32.2. The molecule has 0 bridgehead atoms. The first-order chi connectivity index (χ1) is 19.9. The van der Waals surface area contributed by atoms with Crippen LogP contribution in [0.2, 0.25) is 0 Å². The summed E-state index contributed by atoms with van der Waals surface area (Å²) in [6.45, 7) is 14.3. The van der Waals surface area contributed by atoms with Gasteiger partial charge < -0.3 is 9.47 Å². The molecule has 238 valence electrons. The maximum atomic E-state index is 13.3. The molecule has 43 heavy (non-hydrogen) atoms. The highest BCUT2D eigenvalue weighted by molar-refractivity contribution is 7.92. The molecule has 0 saturated heterocycles. The lowest BCUT2D eigenvalue weighted by Crippen LogP contribution is -2.38. The van der Waals surface area contributed by atoms with Crippen LogP contribution < -0.4 is 9.46 Å². The predicted octanol–water partition coefficient (Wildman–Crippen LogP) is 4.88. The van der Waals surface area contributed by atoms with Gasteiger partial charge in [-0.1, -0.05) is 23.8 Å². The van der Waals surface area contributed by atoms with Crippen LogP contribution in [0.3, 0.4) is 0 Å². The van der Waals surface area contributed by atoms with Gasteiger partial charge in [0.25, 0.3) is 20.1 Å². The van der Waals surface area contributed by atoms with Crippen LogP contribution in [0.5, 0.6) is 5.88 Å². The first-order valence-corrected chi connectivity index (χ1v) is 17.5. The van der Waals surface area contributed by atoms with Gasteiger partial charge in [0.15, 0.2) is 0 Å². The van der Waals surface area contributed by atoms with Gasteiger partial charge in [-0.3, -0.25) is 13.7 Å². The van der Waals surface area contributed by atoms with E-state index in [1.54, 1.807) is 52.8 Å². The summed E-state index contributed by atoms with van der Waals surface area (Å²) < 4.78 is 71.6. The molecule has 0 spiro atoms. The smallest absolute Gasteiger partial charge is 0.311 e. The average Bonchev–Trinajstić information content (AvgIpc) is 3.18. The van der Waals surface area contributed by atoms with Crippen LogP contribution in [0.1, 0.15) is 63.5 Å². The number of hydrogen-bond acceptors (Lipinski definition) is 10. The molecule has 13 heteroatoms. The third kappa shape index (κ3) is 9.48. The third-order valence-electron chi connectivity index (χ3n) is 7.20. The molecule has 3 rings (SSSR count). The second-order valence-electron chi connectivity index (χ2n) is 12.1. The molecule has 0 amide bonds. The van der Waals surface area contributed by atoms with Gasteiger partial charge >= 0.3 is 5.97 Å².